The average Bonchev–Trinajstić information content (AvgIpc) is 3.27. The number of nitrogens with zero attached hydrogens (tertiary/aromatic N) is 2. The molecule has 0 saturated carbocycles. The minimum Gasteiger partial charge on any atom is -0.342 e. The second-order valence-electron chi connectivity index (χ2n) is 7.48. The molecule has 0 aliphatic carbocycles. The van der Waals surface area contributed by atoms with E-state index < -0.39 is 0 Å². The Bertz CT molecular complexity index is 1150. The Morgan fingerprint density at radius 2 is 1.73 bits per heavy atom. The van der Waals surface area contributed by atoms with Crippen LogP contribution in [0.2, 0.25) is 0 Å². The fourth-order valence-electron chi connectivity index (χ4n) is 3.74. The van der Waals surface area contributed by atoms with Gasteiger partial charge in [-0.3, -0.25) is 14.4 Å². The van der Waals surface area contributed by atoms with Crippen molar-refractivity contribution in [1.29, 1.82) is 0 Å². The minimum absolute atomic E-state index is 0.0815. The van der Waals surface area contributed by atoms with Gasteiger partial charge in [0.15, 0.2) is 5.43 Å². The first-order valence-corrected chi connectivity index (χ1v) is 10.7. The van der Waals surface area contributed by atoms with Gasteiger partial charge in [-0.25, -0.2) is 0 Å². The molecule has 7 heteroatoms. The molecule has 0 bridgehead atoms. The highest BCUT2D eigenvalue weighted by Crippen LogP contribution is 2.18. The summed E-state index contributed by atoms with van der Waals surface area (Å²) in [6.07, 6.45) is 4.18. The Labute approximate surface area is 182 Å². The highest BCUT2D eigenvalue weighted by molar-refractivity contribution is 9.10. The van der Waals surface area contributed by atoms with Gasteiger partial charge in [0, 0.05) is 40.9 Å². The largest absolute Gasteiger partial charge is 0.342 e. The molecule has 4 rings (SSSR count). The molecule has 0 spiro atoms. The monoisotopic (exact) mass is 467 g/mol. The van der Waals surface area contributed by atoms with Gasteiger partial charge in [-0.1, -0.05) is 28.1 Å². The number of anilines is 1. The quantitative estimate of drug-likeness (QED) is 0.623. The van der Waals surface area contributed by atoms with Crippen LogP contribution in [0.25, 0.3) is 10.9 Å². The van der Waals surface area contributed by atoms with Crippen molar-refractivity contribution in [2.75, 3.05) is 18.4 Å². The number of rotatable bonds is 5. The van der Waals surface area contributed by atoms with Crippen molar-refractivity contribution in [2.24, 2.45) is 0 Å². The number of carbonyl (C=O) groups is 2. The van der Waals surface area contributed by atoms with E-state index in [4.69, 9.17) is 0 Å². The Balaban J connectivity index is 1.41. The predicted octanol–water partition coefficient (Wildman–Crippen LogP) is 3.57. The van der Waals surface area contributed by atoms with Gasteiger partial charge in [-0.05, 0) is 48.7 Å². The lowest BCUT2D eigenvalue weighted by Gasteiger charge is -2.15. The number of nitrogens with one attached hydrogen (secondary N) is 1. The van der Waals surface area contributed by atoms with Crippen LogP contribution >= 0.6 is 15.9 Å². The summed E-state index contributed by atoms with van der Waals surface area (Å²) in [4.78, 5) is 38.8. The first-order valence-electron chi connectivity index (χ1n) is 9.95. The van der Waals surface area contributed by atoms with E-state index in [1.807, 2.05) is 41.3 Å². The van der Waals surface area contributed by atoms with E-state index in [1.165, 1.54) is 6.07 Å². The van der Waals surface area contributed by atoms with Gasteiger partial charge in [-0.15, -0.1) is 0 Å². The Kier molecular flexibility index (Phi) is 5.99. The second kappa shape index (κ2) is 8.83. The summed E-state index contributed by atoms with van der Waals surface area (Å²) >= 11 is 3.37. The molecule has 3 aromatic rings. The zero-order valence-electron chi connectivity index (χ0n) is 16.4. The molecule has 2 aromatic carbocycles. The normalized spacial score (nSPS) is 13.6. The average molecular weight is 468 g/mol. The van der Waals surface area contributed by atoms with Crippen LogP contribution in [0.4, 0.5) is 5.69 Å². The van der Waals surface area contributed by atoms with Crippen molar-refractivity contribution in [1.82, 2.24) is 9.47 Å². The molecule has 1 aliphatic rings. The summed E-state index contributed by atoms with van der Waals surface area (Å²) in [5, 5.41) is 3.44. The maximum Gasteiger partial charge on any atom is 0.244 e. The first-order chi connectivity index (χ1) is 14.5. The van der Waals surface area contributed by atoms with Crippen LogP contribution in [-0.2, 0) is 22.6 Å². The lowest BCUT2D eigenvalue weighted by molar-refractivity contribution is -0.129. The number of pyridine rings is 1. The summed E-state index contributed by atoms with van der Waals surface area (Å²) in [5.74, 6) is -0.0372. The SMILES string of the molecule is O=C(Cn1ccc(=O)c2cc(Br)ccc21)Nc1ccc(CC(=O)N2CCCC2)cc1. The van der Waals surface area contributed by atoms with Crippen molar-refractivity contribution in [2.45, 2.75) is 25.8 Å². The van der Waals surface area contributed by atoms with Gasteiger partial charge in [0.05, 0.1) is 11.9 Å². The van der Waals surface area contributed by atoms with Crippen LogP contribution in [0.1, 0.15) is 18.4 Å². The summed E-state index contributed by atoms with van der Waals surface area (Å²) < 4.78 is 2.57. The van der Waals surface area contributed by atoms with Crippen molar-refractivity contribution < 1.29 is 9.59 Å². The third kappa shape index (κ3) is 4.62. The number of likely N-dealkylation sites (tertiary alicyclic amines) is 1. The molecule has 1 saturated heterocycles. The van der Waals surface area contributed by atoms with Gasteiger partial charge in [0.25, 0.3) is 0 Å². The molecule has 1 aromatic heterocycles. The standard InChI is InChI=1S/C23H22BrN3O3/c24-17-5-8-20-19(14-17)21(28)9-12-27(20)15-22(29)25-18-6-3-16(4-7-18)13-23(30)26-10-1-2-11-26/h3-9,12,14H,1-2,10-11,13,15H2,(H,25,29). The van der Waals surface area contributed by atoms with Gasteiger partial charge in [0.2, 0.25) is 11.8 Å². The van der Waals surface area contributed by atoms with E-state index in [2.05, 4.69) is 21.2 Å². The highest BCUT2D eigenvalue weighted by atomic mass is 79.9. The number of halogens is 1. The van der Waals surface area contributed by atoms with E-state index in [-0.39, 0.29) is 23.8 Å². The van der Waals surface area contributed by atoms with Crippen LogP contribution in [0.15, 0.2) is 64.0 Å². The molecule has 1 aliphatic heterocycles. The smallest absolute Gasteiger partial charge is 0.244 e. The van der Waals surface area contributed by atoms with Crippen LogP contribution < -0.4 is 10.7 Å². The van der Waals surface area contributed by atoms with Crippen molar-refractivity contribution in [3.8, 4) is 0 Å². The Morgan fingerprint density at radius 1 is 1.00 bits per heavy atom. The number of carbonyl (C=O) groups excluding carboxylic acids is 2. The third-order valence-corrected chi connectivity index (χ3v) is 5.80. The number of benzene rings is 2. The lowest BCUT2D eigenvalue weighted by atomic mass is 10.1. The van der Waals surface area contributed by atoms with E-state index in [0.717, 1.165) is 36.0 Å². The molecule has 0 unspecified atom stereocenters. The van der Waals surface area contributed by atoms with E-state index in [9.17, 15) is 14.4 Å². The molecule has 1 N–H and O–H groups in total. The Morgan fingerprint density at radius 3 is 2.47 bits per heavy atom. The Hall–Kier alpha value is -2.93. The second-order valence-corrected chi connectivity index (χ2v) is 8.39. The predicted molar refractivity (Wildman–Crippen MR) is 120 cm³/mol. The van der Waals surface area contributed by atoms with Crippen LogP contribution in [-0.4, -0.2) is 34.4 Å². The fraction of sp³-hybridized carbons (Fsp3) is 0.261. The molecule has 0 atom stereocenters. The maximum atomic E-state index is 12.5. The molecule has 1 fully saturated rings. The molecular formula is C23H22BrN3O3. The molecule has 2 heterocycles. The van der Waals surface area contributed by atoms with E-state index in [0.29, 0.717) is 23.0 Å². The van der Waals surface area contributed by atoms with Crippen molar-refractivity contribution in [3.05, 3.63) is 75.0 Å². The molecule has 0 radical (unpaired) electrons. The third-order valence-electron chi connectivity index (χ3n) is 5.31. The molecule has 154 valence electrons. The van der Waals surface area contributed by atoms with Gasteiger partial charge < -0.3 is 14.8 Å². The van der Waals surface area contributed by atoms with Gasteiger partial charge in [-0.2, -0.15) is 0 Å². The number of amides is 2. The summed E-state index contributed by atoms with van der Waals surface area (Å²) in [5.41, 5.74) is 2.23. The fourth-order valence-corrected chi connectivity index (χ4v) is 4.10. The van der Waals surface area contributed by atoms with Crippen LogP contribution in [0, 0.1) is 0 Å². The molecular weight excluding hydrogens is 446 g/mol. The minimum atomic E-state index is -0.191. The first kappa shape index (κ1) is 20.3. The topological polar surface area (TPSA) is 71.4 Å². The maximum absolute atomic E-state index is 12.5. The van der Waals surface area contributed by atoms with E-state index >= 15 is 0 Å². The molecule has 6 nitrogen and oxygen atoms in total. The zero-order chi connectivity index (χ0) is 21.1. The highest BCUT2D eigenvalue weighted by Gasteiger charge is 2.17. The number of aromatic nitrogens is 1. The van der Waals surface area contributed by atoms with Gasteiger partial charge >= 0.3 is 0 Å². The number of hydrogen-bond acceptors (Lipinski definition) is 3. The summed E-state index contributed by atoms with van der Waals surface area (Å²) in [6, 6.07) is 14.3. The lowest BCUT2D eigenvalue weighted by Crippen LogP contribution is -2.29. The summed E-state index contributed by atoms with van der Waals surface area (Å²) in [6.45, 7) is 1.79. The number of fused-ring (bicyclic) bond motifs is 1. The van der Waals surface area contributed by atoms with Crippen LogP contribution in [0.3, 0.4) is 0 Å². The van der Waals surface area contributed by atoms with Gasteiger partial charge in [0.1, 0.15) is 6.54 Å². The molecule has 2 amide bonds. The van der Waals surface area contributed by atoms with Crippen LogP contribution in [0.5, 0.6) is 0 Å². The summed E-state index contributed by atoms with van der Waals surface area (Å²) in [7, 11) is 0. The molecule has 30 heavy (non-hydrogen) atoms. The van der Waals surface area contributed by atoms with E-state index in [1.54, 1.807) is 16.8 Å². The van der Waals surface area contributed by atoms with Crippen molar-refractivity contribution >= 4 is 44.3 Å². The van der Waals surface area contributed by atoms with Crippen molar-refractivity contribution in [3.63, 3.8) is 0 Å². The number of hydrogen-bond donors (Lipinski definition) is 1. The zero-order valence-corrected chi connectivity index (χ0v) is 18.0.